The lowest BCUT2D eigenvalue weighted by Gasteiger charge is -2.21. The van der Waals surface area contributed by atoms with Crippen LogP contribution in [0.25, 0.3) is 0 Å². The molecule has 0 amide bonds. The first-order valence-electron chi connectivity index (χ1n) is 8.16. The second kappa shape index (κ2) is 8.78. The number of aryl methyl sites for hydroxylation is 1. The summed E-state index contributed by atoms with van der Waals surface area (Å²) >= 11 is 0. The zero-order valence-electron chi connectivity index (χ0n) is 14.6. The fourth-order valence-corrected chi connectivity index (χ4v) is 2.18. The van der Waals surface area contributed by atoms with E-state index < -0.39 is 5.60 Å². The lowest BCUT2D eigenvalue weighted by Crippen LogP contribution is -2.40. The molecule has 0 fully saturated rings. The number of nitrogens with one attached hydrogen (secondary N) is 2. The summed E-state index contributed by atoms with van der Waals surface area (Å²) in [6.45, 7) is 10.2. The number of guanidine groups is 1. The van der Waals surface area contributed by atoms with E-state index >= 15 is 0 Å². The van der Waals surface area contributed by atoms with Gasteiger partial charge in [-0.2, -0.15) is 5.10 Å². The number of nitrogens with zero attached hydrogens (tertiary/aromatic N) is 3. The van der Waals surface area contributed by atoms with Gasteiger partial charge in [0.25, 0.3) is 0 Å². The Morgan fingerprint density at radius 1 is 1.36 bits per heavy atom. The van der Waals surface area contributed by atoms with E-state index in [2.05, 4.69) is 34.6 Å². The Morgan fingerprint density at radius 3 is 2.55 bits per heavy atom. The fourth-order valence-electron chi connectivity index (χ4n) is 2.18. The van der Waals surface area contributed by atoms with Crippen LogP contribution in [0.4, 0.5) is 0 Å². The molecule has 0 spiro atoms. The van der Waals surface area contributed by atoms with Crippen molar-refractivity contribution in [2.24, 2.45) is 18.0 Å². The quantitative estimate of drug-likeness (QED) is 0.504. The number of aromatic nitrogens is 2. The average Bonchev–Trinajstić information content (AvgIpc) is 2.93. The van der Waals surface area contributed by atoms with E-state index in [4.69, 9.17) is 0 Å². The smallest absolute Gasteiger partial charge is 0.191 e. The van der Waals surface area contributed by atoms with E-state index in [0.717, 1.165) is 37.5 Å². The van der Waals surface area contributed by atoms with Gasteiger partial charge in [0, 0.05) is 31.9 Å². The van der Waals surface area contributed by atoms with E-state index in [1.54, 1.807) is 17.8 Å². The van der Waals surface area contributed by atoms with Crippen molar-refractivity contribution < 1.29 is 5.11 Å². The molecule has 1 aromatic heterocycles. The highest BCUT2D eigenvalue weighted by Gasteiger charge is 2.24. The zero-order chi connectivity index (χ0) is 16.6. The number of hydrogen-bond donors (Lipinski definition) is 3. The van der Waals surface area contributed by atoms with Crippen molar-refractivity contribution >= 4 is 5.96 Å². The second-order valence-corrected chi connectivity index (χ2v) is 5.94. The summed E-state index contributed by atoms with van der Waals surface area (Å²) in [7, 11) is 1.84. The van der Waals surface area contributed by atoms with Crippen LogP contribution in [-0.4, -0.2) is 40.5 Å². The third-order valence-corrected chi connectivity index (χ3v) is 3.93. The Hall–Kier alpha value is -1.56. The normalized spacial score (nSPS) is 15.0. The molecule has 6 heteroatoms. The van der Waals surface area contributed by atoms with Gasteiger partial charge in [-0.15, -0.1) is 0 Å². The van der Waals surface area contributed by atoms with Crippen LogP contribution in [0.15, 0.2) is 17.4 Å². The van der Waals surface area contributed by atoms with Crippen molar-refractivity contribution in [2.75, 3.05) is 19.6 Å². The fraction of sp³-hybridized carbons (Fsp3) is 0.750. The molecule has 0 aliphatic rings. The third kappa shape index (κ3) is 5.67. The molecule has 0 aliphatic carbocycles. The van der Waals surface area contributed by atoms with E-state index in [1.807, 2.05) is 20.2 Å². The Kier molecular flexibility index (Phi) is 7.38. The standard InChI is InChI=1S/C16H31N5O/c1-6-13(7-2)9-18-15(17-8-3)19-12-16(4,22)14-10-20-21(5)11-14/h10-11,13,22H,6-9,12H2,1-5H3,(H2,17,18,19). The summed E-state index contributed by atoms with van der Waals surface area (Å²) in [5.41, 5.74) is -0.250. The highest BCUT2D eigenvalue weighted by molar-refractivity contribution is 5.79. The van der Waals surface area contributed by atoms with Gasteiger partial charge in [0.15, 0.2) is 5.96 Å². The molecular weight excluding hydrogens is 278 g/mol. The molecule has 0 aromatic carbocycles. The van der Waals surface area contributed by atoms with Crippen LogP contribution < -0.4 is 10.6 Å². The van der Waals surface area contributed by atoms with Crippen molar-refractivity contribution in [3.8, 4) is 0 Å². The molecule has 0 saturated carbocycles. The summed E-state index contributed by atoms with van der Waals surface area (Å²) in [5.74, 6) is 1.39. The maximum Gasteiger partial charge on any atom is 0.191 e. The number of rotatable bonds is 8. The minimum Gasteiger partial charge on any atom is -0.383 e. The van der Waals surface area contributed by atoms with Crippen molar-refractivity contribution in [3.05, 3.63) is 18.0 Å². The maximum absolute atomic E-state index is 10.6. The number of aliphatic imine (C=N–C) groups is 1. The molecule has 1 unspecified atom stereocenters. The Bertz CT molecular complexity index is 463. The number of hydrogen-bond acceptors (Lipinski definition) is 3. The van der Waals surface area contributed by atoms with Crippen molar-refractivity contribution in [1.29, 1.82) is 0 Å². The first-order chi connectivity index (χ1) is 10.4. The summed E-state index contributed by atoms with van der Waals surface area (Å²) in [6.07, 6.45) is 5.80. The predicted molar refractivity (Wildman–Crippen MR) is 90.8 cm³/mol. The molecule has 6 nitrogen and oxygen atoms in total. The van der Waals surface area contributed by atoms with Crippen LogP contribution in [0.1, 0.15) is 46.1 Å². The first kappa shape index (κ1) is 18.5. The molecule has 3 N–H and O–H groups in total. The molecule has 0 radical (unpaired) electrons. The summed E-state index contributed by atoms with van der Waals surface area (Å²) in [5, 5.41) is 21.3. The molecule has 1 atom stereocenters. The molecule has 0 saturated heterocycles. The third-order valence-electron chi connectivity index (χ3n) is 3.93. The summed E-state index contributed by atoms with van der Waals surface area (Å²) in [4.78, 5) is 4.52. The maximum atomic E-state index is 10.6. The van der Waals surface area contributed by atoms with Gasteiger partial charge in [-0.25, -0.2) is 4.99 Å². The molecule has 1 aromatic rings. The summed E-state index contributed by atoms with van der Waals surface area (Å²) < 4.78 is 1.68. The van der Waals surface area contributed by atoms with Crippen LogP contribution in [-0.2, 0) is 12.6 Å². The first-order valence-corrected chi connectivity index (χ1v) is 8.16. The summed E-state index contributed by atoms with van der Waals surface area (Å²) in [6, 6.07) is 0. The second-order valence-electron chi connectivity index (χ2n) is 5.94. The van der Waals surface area contributed by atoms with Gasteiger partial charge in [0.05, 0.1) is 12.7 Å². The van der Waals surface area contributed by atoms with Gasteiger partial charge >= 0.3 is 0 Å². The predicted octanol–water partition coefficient (Wildman–Crippen LogP) is 1.62. The molecule has 0 bridgehead atoms. The van der Waals surface area contributed by atoms with Crippen molar-refractivity contribution in [2.45, 2.75) is 46.1 Å². The van der Waals surface area contributed by atoms with Crippen LogP contribution in [0.2, 0.25) is 0 Å². The molecule has 22 heavy (non-hydrogen) atoms. The van der Waals surface area contributed by atoms with Crippen LogP contribution in [0.3, 0.4) is 0 Å². The minimum atomic E-state index is -1.02. The highest BCUT2D eigenvalue weighted by atomic mass is 16.3. The average molecular weight is 309 g/mol. The molecule has 1 heterocycles. The Morgan fingerprint density at radius 2 is 2.05 bits per heavy atom. The van der Waals surface area contributed by atoms with Gasteiger partial charge in [0.1, 0.15) is 5.60 Å². The van der Waals surface area contributed by atoms with Gasteiger partial charge < -0.3 is 15.7 Å². The lowest BCUT2D eigenvalue weighted by molar-refractivity contribution is 0.0671. The van der Waals surface area contributed by atoms with E-state index in [0.29, 0.717) is 5.92 Å². The van der Waals surface area contributed by atoms with Crippen molar-refractivity contribution in [1.82, 2.24) is 20.4 Å². The Balaban J connectivity index is 2.68. The van der Waals surface area contributed by atoms with Gasteiger partial charge in [0.2, 0.25) is 0 Å². The van der Waals surface area contributed by atoms with Gasteiger partial charge in [-0.05, 0) is 19.8 Å². The van der Waals surface area contributed by atoms with E-state index in [1.165, 1.54) is 0 Å². The van der Waals surface area contributed by atoms with Gasteiger partial charge in [-0.3, -0.25) is 4.68 Å². The molecule has 1 rings (SSSR count). The van der Waals surface area contributed by atoms with Gasteiger partial charge in [-0.1, -0.05) is 26.7 Å². The molecular formula is C16H31N5O. The minimum absolute atomic E-state index is 0.289. The Labute approximate surface area is 134 Å². The molecule has 0 aliphatic heterocycles. The van der Waals surface area contributed by atoms with Crippen LogP contribution in [0, 0.1) is 5.92 Å². The highest BCUT2D eigenvalue weighted by Crippen LogP contribution is 2.19. The topological polar surface area (TPSA) is 74.5 Å². The van der Waals surface area contributed by atoms with Crippen LogP contribution >= 0.6 is 0 Å². The largest absolute Gasteiger partial charge is 0.383 e. The van der Waals surface area contributed by atoms with Crippen LogP contribution in [0.5, 0.6) is 0 Å². The van der Waals surface area contributed by atoms with E-state index in [9.17, 15) is 5.11 Å². The monoisotopic (exact) mass is 309 g/mol. The van der Waals surface area contributed by atoms with Crippen molar-refractivity contribution in [3.63, 3.8) is 0 Å². The number of aliphatic hydroxyl groups is 1. The van der Waals surface area contributed by atoms with E-state index in [-0.39, 0.29) is 6.54 Å². The zero-order valence-corrected chi connectivity index (χ0v) is 14.6. The SMILES string of the molecule is CCNC(=NCC(C)(O)c1cnn(C)c1)NCC(CC)CC. The lowest BCUT2D eigenvalue weighted by atomic mass is 10.0. The molecule has 126 valence electrons.